The topological polar surface area (TPSA) is 93.5 Å². The fourth-order valence-electron chi connectivity index (χ4n) is 5.05. The number of hydrogen-bond donors (Lipinski definition) is 2. The summed E-state index contributed by atoms with van der Waals surface area (Å²) >= 11 is 12.7. The summed E-state index contributed by atoms with van der Waals surface area (Å²) in [5.74, 6) is -0.487. The van der Waals surface area contributed by atoms with Crippen LogP contribution in [-0.2, 0) is 4.79 Å². The molecule has 0 aliphatic rings. The third-order valence-electron chi connectivity index (χ3n) is 7.25. The Morgan fingerprint density at radius 3 is 2.26 bits per heavy atom. The summed E-state index contributed by atoms with van der Waals surface area (Å²) in [5, 5.41) is 19.7. The number of amides is 1. The molecule has 5 rings (SSSR count). The molecular weight excluding hydrogens is 573 g/mol. The first-order valence-corrected chi connectivity index (χ1v) is 14.1. The Morgan fingerprint density at radius 1 is 0.929 bits per heavy atom. The molecule has 42 heavy (non-hydrogen) atoms. The maximum absolute atomic E-state index is 12.5. The van der Waals surface area contributed by atoms with Crippen LogP contribution in [0.25, 0.3) is 33.3 Å². The van der Waals surface area contributed by atoms with E-state index in [4.69, 9.17) is 38.1 Å². The standard InChI is InChI=1S/C33H29Cl2N3O4/c1-19-31(26-15-27(34)18-28(35)16-26)37-38(32(19)25-9-8-24-17-29(42-3)11-10-23(24)14-25)20(2)21-4-6-22(7-5-21)33(41)36-13-12-30(39)40/h4-11,14-18,20H,12-13H2,1-3H3,(H,36,41)(H,39,40)/t20-/m0/s1. The number of hydrogen-bond acceptors (Lipinski definition) is 4. The van der Waals surface area contributed by atoms with E-state index in [0.717, 1.165) is 50.2 Å². The molecule has 0 fully saturated rings. The number of methoxy groups -OCH3 is 1. The average molecular weight is 603 g/mol. The van der Waals surface area contributed by atoms with Crippen molar-refractivity contribution in [3.63, 3.8) is 0 Å². The lowest BCUT2D eigenvalue weighted by atomic mass is 9.99. The molecule has 5 aromatic rings. The summed E-state index contributed by atoms with van der Waals surface area (Å²) in [7, 11) is 1.65. The predicted octanol–water partition coefficient (Wildman–Crippen LogP) is 7.81. The lowest BCUT2D eigenvalue weighted by molar-refractivity contribution is -0.136. The van der Waals surface area contributed by atoms with E-state index in [-0.39, 0.29) is 24.9 Å². The molecule has 214 valence electrons. The van der Waals surface area contributed by atoms with Crippen LogP contribution in [0.15, 0.2) is 78.9 Å². The number of nitrogens with zero attached hydrogens (tertiary/aromatic N) is 2. The number of fused-ring (bicyclic) bond motifs is 1. The van der Waals surface area contributed by atoms with Gasteiger partial charge in [0.1, 0.15) is 5.75 Å². The molecule has 0 unspecified atom stereocenters. The van der Waals surface area contributed by atoms with E-state index in [9.17, 15) is 9.59 Å². The molecule has 0 bridgehead atoms. The van der Waals surface area contributed by atoms with Crippen LogP contribution in [-0.4, -0.2) is 40.4 Å². The van der Waals surface area contributed by atoms with Crippen molar-refractivity contribution in [2.45, 2.75) is 26.3 Å². The quantitative estimate of drug-likeness (QED) is 0.180. The van der Waals surface area contributed by atoms with Crippen LogP contribution in [0.4, 0.5) is 0 Å². The van der Waals surface area contributed by atoms with E-state index >= 15 is 0 Å². The minimum atomic E-state index is -0.963. The molecule has 1 aromatic heterocycles. The second-order valence-corrected chi connectivity index (χ2v) is 10.9. The first kappa shape index (κ1) is 29.2. The van der Waals surface area contributed by atoms with Crippen LogP contribution < -0.4 is 10.1 Å². The fourth-order valence-corrected chi connectivity index (χ4v) is 5.57. The number of carboxylic acid groups (broad SMARTS) is 1. The molecule has 0 saturated carbocycles. The van der Waals surface area contributed by atoms with Gasteiger partial charge >= 0.3 is 5.97 Å². The highest BCUT2D eigenvalue weighted by Crippen LogP contribution is 2.38. The molecule has 1 atom stereocenters. The molecule has 1 amide bonds. The van der Waals surface area contributed by atoms with Gasteiger partial charge in [0.25, 0.3) is 5.91 Å². The summed E-state index contributed by atoms with van der Waals surface area (Å²) in [4.78, 5) is 23.2. The van der Waals surface area contributed by atoms with Crippen molar-refractivity contribution < 1.29 is 19.4 Å². The molecule has 0 aliphatic heterocycles. The van der Waals surface area contributed by atoms with Gasteiger partial charge in [-0.2, -0.15) is 5.10 Å². The first-order chi connectivity index (χ1) is 20.1. The van der Waals surface area contributed by atoms with Crippen LogP contribution in [0.2, 0.25) is 10.0 Å². The monoisotopic (exact) mass is 601 g/mol. The summed E-state index contributed by atoms with van der Waals surface area (Å²) in [6.07, 6.45) is -0.134. The lowest BCUT2D eigenvalue weighted by Crippen LogP contribution is -2.26. The smallest absolute Gasteiger partial charge is 0.305 e. The van der Waals surface area contributed by atoms with Gasteiger partial charge in [-0.15, -0.1) is 0 Å². The number of carboxylic acids is 1. The maximum atomic E-state index is 12.5. The molecule has 0 radical (unpaired) electrons. The maximum Gasteiger partial charge on any atom is 0.305 e. The minimum Gasteiger partial charge on any atom is -0.497 e. The molecule has 0 saturated heterocycles. The molecule has 9 heteroatoms. The highest BCUT2D eigenvalue weighted by molar-refractivity contribution is 6.35. The number of halogens is 2. The van der Waals surface area contributed by atoms with E-state index < -0.39 is 5.97 Å². The van der Waals surface area contributed by atoms with Gasteiger partial charge < -0.3 is 15.2 Å². The van der Waals surface area contributed by atoms with Crippen LogP contribution in [0.3, 0.4) is 0 Å². The molecule has 1 heterocycles. The highest BCUT2D eigenvalue weighted by Gasteiger charge is 2.23. The van der Waals surface area contributed by atoms with E-state index in [1.54, 1.807) is 25.3 Å². The normalized spacial score (nSPS) is 11.8. The lowest BCUT2D eigenvalue weighted by Gasteiger charge is -2.18. The Hall–Kier alpha value is -4.33. The third-order valence-corrected chi connectivity index (χ3v) is 7.69. The number of nitrogens with one attached hydrogen (secondary N) is 1. The first-order valence-electron chi connectivity index (χ1n) is 13.4. The number of rotatable bonds is 9. The van der Waals surface area contributed by atoms with Gasteiger partial charge in [0, 0.05) is 38.8 Å². The van der Waals surface area contributed by atoms with E-state index in [2.05, 4.69) is 30.4 Å². The Labute approximate surface area is 253 Å². The van der Waals surface area contributed by atoms with Crippen molar-refractivity contribution in [3.8, 4) is 28.3 Å². The molecule has 7 nitrogen and oxygen atoms in total. The summed E-state index contributed by atoms with van der Waals surface area (Å²) in [6.45, 7) is 4.16. The van der Waals surface area contributed by atoms with Crippen molar-refractivity contribution in [2.24, 2.45) is 0 Å². The third kappa shape index (κ3) is 6.12. The van der Waals surface area contributed by atoms with Crippen LogP contribution in [0, 0.1) is 6.92 Å². The molecular formula is C33H29Cl2N3O4. The number of carbonyl (C=O) groups is 2. The highest BCUT2D eigenvalue weighted by atomic mass is 35.5. The number of benzene rings is 4. The SMILES string of the molecule is COc1ccc2cc(-c3c(C)c(-c4cc(Cl)cc(Cl)c4)nn3[C@@H](C)c3ccc(C(=O)NCCC(=O)O)cc3)ccc2c1. The molecule has 0 aliphatic carbocycles. The Bertz CT molecular complexity index is 1780. The number of aromatic nitrogens is 2. The molecule has 2 N–H and O–H groups in total. The minimum absolute atomic E-state index is 0.0665. The zero-order chi connectivity index (χ0) is 30.0. The predicted molar refractivity (Wildman–Crippen MR) is 167 cm³/mol. The van der Waals surface area contributed by atoms with Gasteiger partial charge in [-0.3, -0.25) is 14.3 Å². The number of ether oxygens (including phenoxy) is 1. The summed E-state index contributed by atoms with van der Waals surface area (Å²) in [6, 6.07) is 24.7. The van der Waals surface area contributed by atoms with Crippen molar-refractivity contribution >= 4 is 45.9 Å². The second-order valence-electron chi connectivity index (χ2n) is 10.1. The molecule has 0 spiro atoms. The zero-order valence-corrected chi connectivity index (χ0v) is 24.8. The van der Waals surface area contributed by atoms with Gasteiger partial charge in [-0.25, -0.2) is 0 Å². The Kier molecular flexibility index (Phi) is 8.52. The van der Waals surface area contributed by atoms with Gasteiger partial charge in [0.05, 0.1) is 31.0 Å². The summed E-state index contributed by atoms with van der Waals surface area (Å²) < 4.78 is 7.39. The number of aliphatic carboxylic acids is 1. The van der Waals surface area contributed by atoms with Crippen molar-refractivity contribution in [1.82, 2.24) is 15.1 Å². The van der Waals surface area contributed by atoms with Crippen LogP contribution in [0.1, 0.15) is 40.9 Å². The largest absolute Gasteiger partial charge is 0.497 e. The Balaban J connectivity index is 1.57. The van der Waals surface area contributed by atoms with Crippen molar-refractivity contribution in [1.29, 1.82) is 0 Å². The van der Waals surface area contributed by atoms with E-state index in [1.165, 1.54) is 0 Å². The van der Waals surface area contributed by atoms with Crippen LogP contribution in [0.5, 0.6) is 5.75 Å². The van der Waals surface area contributed by atoms with E-state index in [0.29, 0.717) is 15.6 Å². The Morgan fingerprint density at radius 2 is 1.60 bits per heavy atom. The molecule has 4 aromatic carbocycles. The average Bonchev–Trinajstić information content (AvgIpc) is 3.32. The van der Waals surface area contributed by atoms with Crippen LogP contribution >= 0.6 is 23.2 Å². The van der Waals surface area contributed by atoms with Crippen molar-refractivity contribution in [3.05, 3.63) is 106 Å². The van der Waals surface area contributed by atoms with Gasteiger partial charge in [0.15, 0.2) is 0 Å². The fraction of sp³-hybridized carbons (Fsp3) is 0.182. The zero-order valence-electron chi connectivity index (χ0n) is 23.3. The number of carbonyl (C=O) groups excluding carboxylic acids is 1. The van der Waals surface area contributed by atoms with E-state index in [1.807, 2.05) is 54.1 Å². The van der Waals surface area contributed by atoms with Gasteiger partial charge in [-0.05, 0) is 78.7 Å². The van der Waals surface area contributed by atoms with Gasteiger partial charge in [-0.1, -0.05) is 53.5 Å². The summed E-state index contributed by atoms with van der Waals surface area (Å²) in [5.41, 5.74) is 5.90. The second kappa shape index (κ2) is 12.3. The van der Waals surface area contributed by atoms with Crippen molar-refractivity contribution in [2.75, 3.05) is 13.7 Å². The van der Waals surface area contributed by atoms with Gasteiger partial charge in [0.2, 0.25) is 0 Å².